The van der Waals surface area contributed by atoms with Crippen molar-refractivity contribution in [2.75, 3.05) is 0 Å². The SMILES string of the molecule is Fc1c(F)c(F)c(-c2cc3ccccc3[cH-]2)c(F)c1F.Fc1c(F)c(F)c(-c2cc3ccccc3[cH-]2)c(F)c1F.Fc1c(F)c(F)c(-c2cc3ccccc3[cH-]2)c(F)c1F.Fc1c(F)c(F)c(-c2cc3ccccc3[cH-]2)c(F)c1F.[Cl-].[Cl-].[Zr+2].[Zr+2]. The van der Waals surface area contributed by atoms with Gasteiger partial charge in [-0.25, -0.2) is 87.8 Å². The van der Waals surface area contributed by atoms with E-state index in [0.29, 0.717) is 43.1 Å². The summed E-state index contributed by atoms with van der Waals surface area (Å²) in [4.78, 5) is 0. The van der Waals surface area contributed by atoms with E-state index in [1.54, 1.807) is 97.1 Å². The van der Waals surface area contributed by atoms with Crippen molar-refractivity contribution in [2.24, 2.45) is 0 Å². The topological polar surface area (TPSA) is 0 Å². The Kier molecular flexibility index (Phi) is 22.2. The Morgan fingerprint density at radius 3 is 0.464 bits per heavy atom. The molecule has 12 aromatic rings. The van der Waals surface area contributed by atoms with Crippen LogP contribution in [0.15, 0.2) is 146 Å². The summed E-state index contributed by atoms with van der Waals surface area (Å²) in [5.41, 5.74) is -3.79. The van der Waals surface area contributed by atoms with Crippen LogP contribution in [-0.4, -0.2) is 0 Å². The third-order valence-electron chi connectivity index (χ3n) is 12.5. The van der Waals surface area contributed by atoms with Crippen molar-refractivity contribution in [3.05, 3.63) is 262 Å². The molecule has 428 valence electrons. The summed E-state index contributed by atoms with van der Waals surface area (Å²) in [5.74, 6) is -38.7. The third kappa shape index (κ3) is 12.6. The molecule has 0 saturated carbocycles. The smallest absolute Gasteiger partial charge is 1.00 e. The zero-order chi connectivity index (χ0) is 57.8. The average molecular weight is 1380 g/mol. The quantitative estimate of drug-likeness (QED) is 0.0713. The molecule has 0 heterocycles. The van der Waals surface area contributed by atoms with Gasteiger partial charge in [0.15, 0.2) is 69.8 Å². The van der Waals surface area contributed by atoms with Gasteiger partial charge in [-0.3, -0.25) is 0 Å². The Morgan fingerprint density at radius 1 is 0.190 bits per heavy atom. The van der Waals surface area contributed by atoms with E-state index in [0.717, 1.165) is 0 Å². The second-order valence-corrected chi connectivity index (χ2v) is 17.3. The summed E-state index contributed by atoms with van der Waals surface area (Å²) < 4.78 is 267. The van der Waals surface area contributed by atoms with Crippen molar-refractivity contribution in [3.63, 3.8) is 0 Å². The molecule has 24 heteroatoms. The predicted octanol–water partition coefficient (Wildman–Crippen LogP) is 13.7. The minimum atomic E-state index is -2.15. The first-order valence-electron chi connectivity index (χ1n) is 22.7. The number of benzene rings is 8. The first kappa shape index (κ1) is 67.9. The van der Waals surface area contributed by atoms with Gasteiger partial charge in [0.1, 0.15) is 46.5 Å². The molecule has 0 atom stereocenters. The molecule has 0 fully saturated rings. The maximum atomic E-state index is 13.7. The van der Waals surface area contributed by atoms with Crippen molar-refractivity contribution < 1.29 is 165 Å². The van der Waals surface area contributed by atoms with Gasteiger partial charge in [-0.05, 0) is 22.3 Å². The van der Waals surface area contributed by atoms with Crippen LogP contribution >= 0.6 is 0 Å². The Labute approximate surface area is 511 Å². The van der Waals surface area contributed by atoms with E-state index >= 15 is 0 Å². The predicted molar refractivity (Wildman–Crippen MR) is 259 cm³/mol. The average Bonchev–Trinajstić information content (AvgIpc) is 4.46. The first-order valence-corrected chi connectivity index (χ1v) is 22.7. The van der Waals surface area contributed by atoms with E-state index in [4.69, 9.17) is 0 Å². The van der Waals surface area contributed by atoms with Crippen molar-refractivity contribution in [1.29, 1.82) is 0 Å². The summed E-state index contributed by atoms with van der Waals surface area (Å²) in [6.07, 6.45) is 0. The monoisotopic (exact) mass is 1370 g/mol. The van der Waals surface area contributed by atoms with Crippen molar-refractivity contribution in [1.82, 2.24) is 0 Å². The van der Waals surface area contributed by atoms with Gasteiger partial charge in [0.05, 0.1) is 0 Å². The summed E-state index contributed by atoms with van der Waals surface area (Å²) in [7, 11) is 0. The fraction of sp³-hybridized carbons (Fsp3) is 0. The van der Waals surface area contributed by atoms with Crippen LogP contribution in [0.25, 0.3) is 87.6 Å². The molecule has 0 saturated heterocycles. The molecule has 0 radical (unpaired) electrons. The molecule has 0 N–H and O–H groups in total. The van der Waals surface area contributed by atoms with Gasteiger partial charge in [-0.1, -0.05) is 72.8 Å². The Hall–Kier alpha value is -6.85. The molecule has 0 aromatic heterocycles. The van der Waals surface area contributed by atoms with E-state index in [-0.39, 0.29) is 99.5 Å². The molecule has 12 rings (SSSR count). The van der Waals surface area contributed by atoms with E-state index in [2.05, 4.69) is 0 Å². The fourth-order valence-corrected chi connectivity index (χ4v) is 8.61. The molecule has 0 bridgehead atoms. The van der Waals surface area contributed by atoms with Gasteiger partial charge in [0.2, 0.25) is 0 Å². The fourth-order valence-electron chi connectivity index (χ4n) is 8.61. The Morgan fingerprint density at radius 2 is 0.321 bits per heavy atom. The van der Waals surface area contributed by atoms with Gasteiger partial charge in [0, 0.05) is 0 Å². The second-order valence-electron chi connectivity index (χ2n) is 17.3. The largest absolute Gasteiger partial charge is 2.00 e. The van der Waals surface area contributed by atoms with Crippen molar-refractivity contribution >= 4 is 43.1 Å². The van der Waals surface area contributed by atoms with Crippen LogP contribution in [0, 0.1) is 116 Å². The Balaban J connectivity index is 0.000000202. The molecule has 0 unspecified atom stereocenters. The third-order valence-corrected chi connectivity index (χ3v) is 12.5. The van der Waals surface area contributed by atoms with Crippen LogP contribution in [0.4, 0.5) is 87.8 Å². The summed E-state index contributed by atoms with van der Waals surface area (Å²) >= 11 is 0. The van der Waals surface area contributed by atoms with Crippen LogP contribution in [0.1, 0.15) is 0 Å². The zero-order valence-electron chi connectivity index (χ0n) is 41.2. The number of halogens is 22. The maximum Gasteiger partial charge on any atom is 2.00 e. The molecular formula is C60H24Cl2F20Zr2-2. The molecular weight excluding hydrogens is 1350 g/mol. The van der Waals surface area contributed by atoms with Crippen LogP contribution in [0.3, 0.4) is 0 Å². The minimum absolute atomic E-state index is 0. The second kappa shape index (κ2) is 27.5. The molecule has 0 nitrogen and oxygen atoms in total. The first-order chi connectivity index (χ1) is 38.0. The van der Waals surface area contributed by atoms with Crippen LogP contribution in [-0.2, 0) is 52.4 Å². The zero-order valence-corrected chi connectivity index (χ0v) is 47.6. The van der Waals surface area contributed by atoms with Crippen molar-refractivity contribution in [3.8, 4) is 44.5 Å². The molecule has 12 aromatic carbocycles. The van der Waals surface area contributed by atoms with E-state index in [1.165, 1.54) is 48.5 Å². The van der Waals surface area contributed by atoms with Gasteiger partial charge < -0.3 is 24.8 Å². The van der Waals surface area contributed by atoms with Gasteiger partial charge >= 0.3 is 52.4 Å². The Bertz CT molecular complexity index is 3600. The van der Waals surface area contributed by atoms with E-state index < -0.39 is 139 Å². The molecule has 84 heavy (non-hydrogen) atoms. The summed E-state index contributed by atoms with van der Waals surface area (Å²) in [6.45, 7) is 0. The normalized spacial score (nSPS) is 10.7. The number of hydrogen-bond donors (Lipinski definition) is 0. The van der Waals surface area contributed by atoms with Crippen LogP contribution < -0.4 is 24.8 Å². The minimum Gasteiger partial charge on any atom is -1.00 e. The van der Waals surface area contributed by atoms with Crippen LogP contribution in [0.2, 0.25) is 0 Å². The van der Waals surface area contributed by atoms with Gasteiger partial charge in [-0.2, -0.15) is 0 Å². The molecule has 0 amide bonds. The number of rotatable bonds is 4. The van der Waals surface area contributed by atoms with Gasteiger partial charge in [-0.15, -0.1) is 138 Å². The van der Waals surface area contributed by atoms with E-state index in [9.17, 15) is 87.8 Å². The molecule has 0 aliphatic heterocycles. The van der Waals surface area contributed by atoms with Crippen molar-refractivity contribution in [2.45, 2.75) is 0 Å². The van der Waals surface area contributed by atoms with Crippen LogP contribution in [0.5, 0.6) is 0 Å². The molecule has 0 aliphatic carbocycles. The summed E-state index contributed by atoms with van der Waals surface area (Å²) in [6, 6.07) is 38.2. The standard InChI is InChI=1S/4C15H6F5.2ClH.2Zr/c4*16-11-10(12(17)14(19)15(20)13(11)18)9-5-7-3-1-2-4-8(7)6-9;;;;/h4*1-6H;2*1H;;/q4*-1;;;2*+2/p-2. The molecule has 0 spiro atoms. The molecule has 0 aliphatic rings. The number of hydrogen-bond acceptors (Lipinski definition) is 0. The summed E-state index contributed by atoms with van der Waals surface area (Å²) in [5, 5.41) is 5.27. The number of fused-ring (bicyclic) bond motifs is 4. The van der Waals surface area contributed by atoms with E-state index in [1.807, 2.05) is 0 Å². The maximum absolute atomic E-state index is 13.7. The van der Waals surface area contributed by atoms with Gasteiger partial charge in [0.25, 0.3) is 0 Å².